The molecule has 0 spiro atoms. The minimum absolute atomic E-state index is 0.0248. The summed E-state index contributed by atoms with van der Waals surface area (Å²) in [6, 6.07) is 0. The smallest absolute Gasteiger partial charge is 0.109 e. The summed E-state index contributed by atoms with van der Waals surface area (Å²) in [5.41, 5.74) is 6.32. The third-order valence-corrected chi connectivity index (χ3v) is 1.16. The van der Waals surface area contributed by atoms with Crippen LogP contribution in [0.15, 0.2) is 24.8 Å². The second-order valence-electron chi connectivity index (χ2n) is 3.13. The molecule has 10 heavy (non-hydrogen) atoms. The summed E-state index contributed by atoms with van der Waals surface area (Å²) < 4.78 is 4.80. The van der Waals surface area contributed by atoms with Crippen molar-refractivity contribution in [1.82, 2.24) is 0 Å². The van der Waals surface area contributed by atoms with Gasteiger partial charge < -0.3 is 10.5 Å². The minimum atomic E-state index is -0.0248. The van der Waals surface area contributed by atoms with Crippen molar-refractivity contribution >= 4 is 0 Å². The Hall–Kier alpha value is -0.920. The molecule has 0 aromatic rings. The maximum atomic E-state index is 5.63. The Labute approximate surface area is 62.4 Å². The average molecular weight is 141 g/mol. The molecule has 0 saturated carbocycles. The Morgan fingerprint density at radius 1 is 1.50 bits per heavy atom. The molecule has 0 rings (SSSR count). The van der Waals surface area contributed by atoms with Gasteiger partial charge in [-0.25, -0.2) is 0 Å². The van der Waals surface area contributed by atoms with Gasteiger partial charge in [0.2, 0.25) is 0 Å². The fourth-order valence-electron chi connectivity index (χ4n) is 0.298. The molecule has 0 aromatic carbocycles. The molecule has 0 atom stereocenters. The van der Waals surface area contributed by atoms with Gasteiger partial charge in [-0.05, 0) is 0 Å². The third-order valence-electron chi connectivity index (χ3n) is 1.16. The monoisotopic (exact) mass is 141 g/mol. The second-order valence-corrected chi connectivity index (χ2v) is 3.13. The van der Waals surface area contributed by atoms with Gasteiger partial charge in [-0.3, -0.25) is 0 Å². The van der Waals surface area contributed by atoms with E-state index in [1.54, 1.807) is 0 Å². The lowest BCUT2D eigenvalue weighted by atomic mass is 9.93. The van der Waals surface area contributed by atoms with Crippen molar-refractivity contribution in [1.29, 1.82) is 0 Å². The number of hydrogen-bond acceptors (Lipinski definition) is 2. The zero-order chi connectivity index (χ0) is 8.20. The molecular formula is C8H15NO. The van der Waals surface area contributed by atoms with E-state index in [1.807, 2.05) is 20.8 Å². The maximum Gasteiger partial charge on any atom is 0.109 e. The highest BCUT2D eigenvalue weighted by atomic mass is 16.5. The topological polar surface area (TPSA) is 35.2 Å². The summed E-state index contributed by atoms with van der Waals surface area (Å²) >= 11 is 0. The maximum absolute atomic E-state index is 5.63. The van der Waals surface area contributed by atoms with Gasteiger partial charge in [-0.2, -0.15) is 0 Å². The van der Waals surface area contributed by atoms with Gasteiger partial charge in [-0.15, -0.1) is 0 Å². The van der Waals surface area contributed by atoms with E-state index < -0.39 is 0 Å². The highest BCUT2D eigenvalue weighted by Crippen LogP contribution is 2.19. The molecule has 2 heteroatoms. The zero-order valence-corrected chi connectivity index (χ0v) is 6.85. The summed E-state index contributed by atoms with van der Waals surface area (Å²) in [5, 5.41) is 0. The summed E-state index contributed by atoms with van der Waals surface area (Å²) in [6.45, 7) is 9.45. The van der Waals surface area contributed by atoms with Crippen LogP contribution in [0.25, 0.3) is 0 Å². The van der Waals surface area contributed by atoms with Gasteiger partial charge in [0, 0.05) is 11.1 Å². The number of hydrogen-bond donors (Lipinski definition) is 1. The average Bonchev–Trinajstić information content (AvgIpc) is 1.80. The van der Waals surface area contributed by atoms with E-state index in [4.69, 9.17) is 10.5 Å². The van der Waals surface area contributed by atoms with E-state index in [2.05, 4.69) is 6.58 Å². The molecule has 58 valence electrons. The van der Waals surface area contributed by atoms with Crippen LogP contribution >= 0.6 is 0 Å². The van der Waals surface area contributed by atoms with Crippen molar-refractivity contribution in [2.24, 2.45) is 11.1 Å². The fourth-order valence-corrected chi connectivity index (χ4v) is 0.298. The number of rotatable bonds is 2. The van der Waals surface area contributed by atoms with Gasteiger partial charge in [0.1, 0.15) is 6.26 Å². The van der Waals surface area contributed by atoms with Gasteiger partial charge in [0.15, 0.2) is 0 Å². The molecule has 2 N–H and O–H groups in total. The molecule has 0 aliphatic heterocycles. The van der Waals surface area contributed by atoms with Crippen LogP contribution < -0.4 is 5.73 Å². The van der Waals surface area contributed by atoms with Crippen molar-refractivity contribution < 1.29 is 4.74 Å². The van der Waals surface area contributed by atoms with Gasteiger partial charge in [0.05, 0.1) is 6.26 Å². The van der Waals surface area contributed by atoms with E-state index in [0.29, 0.717) is 5.70 Å². The highest BCUT2D eigenvalue weighted by Gasteiger charge is 2.13. The van der Waals surface area contributed by atoms with Crippen molar-refractivity contribution in [3.8, 4) is 0 Å². The lowest BCUT2D eigenvalue weighted by Gasteiger charge is -2.17. The molecule has 0 unspecified atom stereocenters. The molecule has 2 nitrogen and oxygen atoms in total. The van der Waals surface area contributed by atoms with Crippen LogP contribution in [0.1, 0.15) is 20.8 Å². The first-order valence-corrected chi connectivity index (χ1v) is 3.21. The molecule has 0 radical (unpaired) electrons. The molecule has 0 aromatic heterocycles. The minimum Gasteiger partial charge on any atom is -0.471 e. The van der Waals surface area contributed by atoms with Crippen molar-refractivity contribution in [2.45, 2.75) is 20.8 Å². The number of nitrogens with two attached hydrogens (primary N) is 1. The van der Waals surface area contributed by atoms with Gasteiger partial charge >= 0.3 is 0 Å². The Balaban J connectivity index is 4.05. The Morgan fingerprint density at radius 2 is 2.00 bits per heavy atom. The summed E-state index contributed by atoms with van der Waals surface area (Å²) in [6.07, 6.45) is 2.85. The van der Waals surface area contributed by atoms with E-state index in [0.717, 1.165) is 0 Å². The van der Waals surface area contributed by atoms with E-state index in [-0.39, 0.29) is 5.41 Å². The van der Waals surface area contributed by atoms with Crippen LogP contribution in [-0.2, 0) is 4.74 Å². The van der Waals surface area contributed by atoms with Gasteiger partial charge in [0.25, 0.3) is 0 Å². The molecule has 0 fully saturated rings. The first-order chi connectivity index (χ1) is 4.48. The van der Waals surface area contributed by atoms with Crippen molar-refractivity contribution in [3.63, 3.8) is 0 Å². The molecule has 0 bridgehead atoms. The van der Waals surface area contributed by atoms with Crippen LogP contribution in [0.5, 0.6) is 0 Å². The summed E-state index contributed by atoms with van der Waals surface area (Å²) in [4.78, 5) is 0. The lowest BCUT2D eigenvalue weighted by molar-refractivity contribution is 0.375. The summed E-state index contributed by atoms with van der Waals surface area (Å²) in [7, 11) is 0. The molecular weight excluding hydrogens is 126 g/mol. The number of allylic oxidation sites excluding steroid dienone is 1. The molecule has 0 amide bonds. The lowest BCUT2D eigenvalue weighted by Crippen LogP contribution is -2.16. The molecule has 0 heterocycles. The largest absolute Gasteiger partial charge is 0.471 e. The molecule has 0 saturated heterocycles. The first kappa shape index (κ1) is 9.08. The van der Waals surface area contributed by atoms with Crippen LogP contribution in [0, 0.1) is 5.41 Å². The summed E-state index contributed by atoms with van der Waals surface area (Å²) in [5.74, 6) is 0. The SMILES string of the molecule is C=CO/C=C(\N)C(C)(C)C. The Bertz CT molecular complexity index is 142. The zero-order valence-electron chi connectivity index (χ0n) is 6.85. The quantitative estimate of drug-likeness (QED) is 0.597. The Morgan fingerprint density at radius 3 is 2.30 bits per heavy atom. The highest BCUT2D eigenvalue weighted by molar-refractivity contribution is 5.02. The molecule has 0 aliphatic rings. The van der Waals surface area contributed by atoms with Gasteiger partial charge in [-0.1, -0.05) is 27.4 Å². The van der Waals surface area contributed by atoms with E-state index >= 15 is 0 Å². The van der Waals surface area contributed by atoms with Crippen LogP contribution in [0.4, 0.5) is 0 Å². The number of ether oxygens (including phenoxy) is 1. The van der Waals surface area contributed by atoms with Crippen molar-refractivity contribution in [3.05, 3.63) is 24.8 Å². The van der Waals surface area contributed by atoms with Crippen LogP contribution in [0.3, 0.4) is 0 Å². The van der Waals surface area contributed by atoms with Crippen molar-refractivity contribution in [2.75, 3.05) is 0 Å². The standard InChI is InChI=1S/C8H15NO/c1-5-10-6-7(9)8(2,3)4/h5-6H,1,9H2,2-4H3/b7-6-. The fraction of sp³-hybridized carbons (Fsp3) is 0.500. The normalized spacial score (nSPS) is 12.9. The second kappa shape index (κ2) is 3.30. The third kappa shape index (κ3) is 3.17. The Kier molecular flexibility index (Phi) is 3.00. The van der Waals surface area contributed by atoms with E-state index in [9.17, 15) is 0 Å². The van der Waals surface area contributed by atoms with Crippen LogP contribution in [0.2, 0.25) is 0 Å². The van der Waals surface area contributed by atoms with Crippen LogP contribution in [-0.4, -0.2) is 0 Å². The predicted molar refractivity (Wildman–Crippen MR) is 43.0 cm³/mol. The predicted octanol–water partition coefficient (Wildman–Crippen LogP) is 1.99. The van der Waals surface area contributed by atoms with E-state index in [1.165, 1.54) is 12.5 Å². The molecule has 0 aliphatic carbocycles. The first-order valence-electron chi connectivity index (χ1n) is 3.21.